The number of hydrogen-bond acceptors (Lipinski definition) is 5. The van der Waals surface area contributed by atoms with Crippen LogP contribution in [0.4, 0.5) is 0 Å². The number of pyridine rings is 1. The lowest BCUT2D eigenvalue weighted by molar-refractivity contribution is -0.603. The van der Waals surface area contributed by atoms with E-state index in [-0.39, 0.29) is 0 Å². The minimum absolute atomic E-state index is 0.725. The van der Waals surface area contributed by atoms with E-state index < -0.39 is 0 Å². The molecule has 6 heteroatoms. The maximum atomic E-state index is 11.0. The van der Waals surface area contributed by atoms with E-state index in [1.165, 1.54) is 12.4 Å². The lowest BCUT2D eigenvalue weighted by atomic mass is 10.4. The molecule has 0 spiro atoms. The quantitative estimate of drug-likeness (QED) is 0.479. The summed E-state index contributed by atoms with van der Waals surface area (Å²) in [5, 5.41) is 14.7. The fourth-order valence-electron chi connectivity index (χ4n) is 1.28. The van der Waals surface area contributed by atoms with Gasteiger partial charge in [-0.25, -0.2) is 9.97 Å². The molecule has 0 atom stereocenters. The fourth-order valence-corrected chi connectivity index (χ4v) is 2.89. The van der Waals surface area contributed by atoms with Gasteiger partial charge in [0, 0.05) is 17.6 Å². The fraction of sp³-hybridized carbons (Fsp3) is 0. The second-order valence-corrected chi connectivity index (χ2v) is 4.84. The minimum Gasteiger partial charge on any atom is -0.619 e. The van der Waals surface area contributed by atoms with Crippen LogP contribution in [0.25, 0.3) is 20.2 Å². The van der Waals surface area contributed by atoms with Crippen molar-refractivity contribution < 1.29 is 4.73 Å². The molecule has 15 heavy (non-hydrogen) atoms. The summed E-state index contributed by atoms with van der Waals surface area (Å²) in [7, 11) is 0. The van der Waals surface area contributed by atoms with Crippen LogP contribution in [-0.4, -0.2) is 9.97 Å². The zero-order valence-corrected chi connectivity index (χ0v) is 9.09. The van der Waals surface area contributed by atoms with E-state index in [0.717, 1.165) is 25.0 Å². The van der Waals surface area contributed by atoms with E-state index >= 15 is 0 Å². The first-order chi connectivity index (χ1) is 7.33. The second-order valence-electron chi connectivity index (χ2n) is 2.91. The van der Waals surface area contributed by atoms with Crippen molar-refractivity contribution in [1.82, 2.24) is 9.97 Å². The average Bonchev–Trinajstić information content (AvgIpc) is 2.84. The molecule has 0 aromatic carbocycles. The standard InChI is InChI=1S/C9H5N3OS2/c13-12-3-1-7-6(5-12)11-9(15-7)8-10-2-4-14-8/h1-5H. The number of fused-ring (bicyclic) bond motifs is 1. The average molecular weight is 235 g/mol. The molecule has 74 valence electrons. The summed E-state index contributed by atoms with van der Waals surface area (Å²) in [6.07, 6.45) is 4.70. The van der Waals surface area contributed by atoms with Gasteiger partial charge in [-0.2, -0.15) is 4.73 Å². The topological polar surface area (TPSA) is 52.7 Å². The maximum absolute atomic E-state index is 11.0. The summed E-state index contributed by atoms with van der Waals surface area (Å²) in [5.74, 6) is 0. The van der Waals surface area contributed by atoms with E-state index in [4.69, 9.17) is 0 Å². The molecule has 4 nitrogen and oxygen atoms in total. The Morgan fingerprint density at radius 1 is 1.33 bits per heavy atom. The molecule has 0 aliphatic heterocycles. The monoisotopic (exact) mass is 235 g/mol. The van der Waals surface area contributed by atoms with Crippen molar-refractivity contribution in [2.24, 2.45) is 0 Å². The van der Waals surface area contributed by atoms with Crippen molar-refractivity contribution in [3.05, 3.63) is 35.2 Å². The predicted molar refractivity (Wildman–Crippen MR) is 59.7 cm³/mol. The molecule has 0 saturated heterocycles. The molecule has 3 heterocycles. The van der Waals surface area contributed by atoms with Crippen LogP contribution in [0, 0.1) is 5.21 Å². The van der Waals surface area contributed by atoms with Gasteiger partial charge in [0.2, 0.25) is 6.20 Å². The highest BCUT2D eigenvalue weighted by Gasteiger charge is 2.09. The van der Waals surface area contributed by atoms with Gasteiger partial charge in [0.15, 0.2) is 16.2 Å². The van der Waals surface area contributed by atoms with E-state index in [0.29, 0.717) is 0 Å². The van der Waals surface area contributed by atoms with E-state index in [2.05, 4.69) is 9.97 Å². The zero-order chi connectivity index (χ0) is 10.3. The minimum atomic E-state index is 0.725. The maximum Gasteiger partial charge on any atom is 0.207 e. The van der Waals surface area contributed by atoms with Crippen molar-refractivity contribution in [3.63, 3.8) is 0 Å². The summed E-state index contributed by atoms with van der Waals surface area (Å²) >= 11 is 3.10. The molecular formula is C9H5N3OS2. The molecule has 3 rings (SSSR count). The summed E-state index contributed by atoms with van der Waals surface area (Å²) in [5.41, 5.74) is 0.725. The molecule has 0 N–H and O–H groups in total. The van der Waals surface area contributed by atoms with Gasteiger partial charge < -0.3 is 5.21 Å². The number of rotatable bonds is 1. The number of thiazole rings is 2. The highest BCUT2D eigenvalue weighted by atomic mass is 32.1. The van der Waals surface area contributed by atoms with Crippen LogP contribution in [0.2, 0.25) is 0 Å². The lowest BCUT2D eigenvalue weighted by Gasteiger charge is -1.91. The zero-order valence-electron chi connectivity index (χ0n) is 7.45. The van der Waals surface area contributed by atoms with Gasteiger partial charge in [-0.05, 0) is 0 Å². The van der Waals surface area contributed by atoms with Crippen LogP contribution in [0.3, 0.4) is 0 Å². The van der Waals surface area contributed by atoms with Crippen LogP contribution in [0.1, 0.15) is 0 Å². The first kappa shape index (κ1) is 8.75. The van der Waals surface area contributed by atoms with Crippen LogP contribution in [0.5, 0.6) is 0 Å². The molecule has 0 unspecified atom stereocenters. The Bertz CT molecular complexity index is 603. The Balaban J connectivity index is 2.22. The second kappa shape index (κ2) is 3.25. The molecule has 3 aromatic rings. The first-order valence-corrected chi connectivity index (χ1v) is 5.92. The van der Waals surface area contributed by atoms with Crippen LogP contribution >= 0.6 is 22.7 Å². The third-order valence-corrected chi connectivity index (χ3v) is 3.87. The van der Waals surface area contributed by atoms with Crippen molar-refractivity contribution in [2.75, 3.05) is 0 Å². The molecule has 0 aliphatic carbocycles. The SMILES string of the molecule is [O-][n+]1ccc2sc(-c3nccs3)nc2c1. The van der Waals surface area contributed by atoms with Crippen LogP contribution in [-0.2, 0) is 0 Å². The van der Waals surface area contributed by atoms with Gasteiger partial charge >= 0.3 is 0 Å². The van der Waals surface area contributed by atoms with Gasteiger partial charge in [-0.3, -0.25) is 0 Å². The summed E-state index contributed by atoms with van der Waals surface area (Å²) in [6.45, 7) is 0. The third kappa shape index (κ3) is 1.47. The van der Waals surface area contributed by atoms with Gasteiger partial charge in [-0.1, -0.05) is 0 Å². The Hall–Kier alpha value is -1.53. The summed E-state index contributed by atoms with van der Waals surface area (Å²) < 4.78 is 1.76. The molecule has 0 saturated carbocycles. The normalized spacial score (nSPS) is 10.9. The van der Waals surface area contributed by atoms with Crippen molar-refractivity contribution in [1.29, 1.82) is 0 Å². The van der Waals surface area contributed by atoms with Gasteiger partial charge in [-0.15, -0.1) is 22.7 Å². The Kier molecular flexibility index (Phi) is 1.90. The smallest absolute Gasteiger partial charge is 0.207 e. The third-order valence-electron chi connectivity index (χ3n) is 1.92. The van der Waals surface area contributed by atoms with Crippen molar-refractivity contribution in [3.8, 4) is 10.0 Å². The van der Waals surface area contributed by atoms with Crippen LogP contribution in [0.15, 0.2) is 30.0 Å². The molecule has 0 fully saturated rings. The highest BCUT2D eigenvalue weighted by Crippen LogP contribution is 2.30. The van der Waals surface area contributed by atoms with E-state index in [1.807, 2.05) is 5.38 Å². The van der Waals surface area contributed by atoms with Crippen molar-refractivity contribution in [2.45, 2.75) is 0 Å². The Morgan fingerprint density at radius 2 is 2.27 bits per heavy atom. The first-order valence-electron chi connectivity index (χ1n) is 4.22. The highest BCUT2D eigenvalue weighted by molar-refractivity contribution is 7.24. The van der Waals surface area contributed by atoms with Crippen molar-refractivity contribution >= 4 is 32.9 Å². The molecule has 0 bridgehead atoms. The van der Waals surface area contributed by atoms with E-state index in [9.17, 15) is 5.21 Å². The Morgan fingerprint density at radius 3 is 3.07 bits per heavy atom. The molecule has 0 radical (unpaired) electrons. The molecular weight excluding hydrogens is 230 g/mol. The molecule has 0 amide bonds. The summed E-state index contributed by atoms with van der Waals surface area (Å²) in [6, 6.07) is 1.77. The molecule has 3 aromatic heterocycles. The molecule has 0 aliphatic rings. The van der Waals surface area contributed by atoms with Gasteiger partial charge in [0.1, 0.15) is 5.52 Å². The predicted octanol–water partition coefficient (Wildman–Crippen LogP) is 2.05. The van der Waals surface area contributed by atoms with Gasteiger partial charge in [0.25, 0.3) is 0 Å². The number of aromatic nitrogens is 3. The van der Waals surface area contributed by atoms with Crippen LogP contribution < -0.4 is 4.73 Å². The summed E-state index contributed by atoms with van der Waals surface area (Å²) in [4.78, 5) is 8.55. The van der Waals surface area contributed by atoms with E-state index in [1.54, 1.807) is 34.9 Å². The largest absolute Gasteiger partial charge is 0.619 e. The number of nitrogens with zero attached hydrogens (tertiary/aromatic N) is 3. The van der Waals surface area contributed by atoms with Gasteiger partial charge in [0.05, 0.1) is 4.70 Å². The lowest BCUT2D eigenvalue weighted by Crippen LogP contribution is -2.23. The number of hydrogen-bond donors (Lipinski definition) is 0. The Labute approximate surface area is 93.1 Å².